The van der Waals surface area contributed by atoms with Crippen molar-refractivity contribution in [2.24, 2.45) is 5.73 Å². The molecule has 2 aliphatic rings. The van der Waals surface area contributed by atoms with Crippen LogP contribution in [-0.2, 0) is 9.53 Å². The zero-order valence-corrected chi connectivity index (χ0v) is 16.3. The van der Waals surface area contributed by atoms with E-state index in [-0.39, 0.29) is 23.0 Å². The fourth-order valence-electron chi connectivity index (χ4n) is 3.86. The Labute approximate surface area is 168 Å². The van der Waals surface area contributed by atoms with Crippen molar-refractivity contribution in [3.63, 3.8) is 0 Å². The molecule has 1 atom stereocenters. The zero-order valence-electron chi connectivity index (χ0n) is 15.5. The molecule has 1 aliphatic heterocycles. The molecule has 0 amide bonds. The first-order valence-corrected chi connectivity index (χ1v) is 9.64. The Balaban J connectivity index is 1.90. The van der Waals surface area contributed by atoms with E-state index >= 15 is 0 Å². The fraction of sp³-hybridized carbons (Fsp3) is 0.217. The van der Waals surface area contributed by atoms with Crippen LogP contribution in [0.4, 0.5) is 0 Å². The predicted molar refractivity (Wildman–Crippen MR) is 108 cm³/mol. The number of benzene rings is 2. The molecule has 0 bridgehead atoms. The molecule has 142 valence electrons. The number of hydrogen-bond donors (Lipinski definition) is 1. The van der Waals surface area contributed by atoms with E-state index in [0.717, 1.165) is 5.56 Å². The summed E-state index contributed by atoms with van der Waals surface area (Å²) in [5.41, 5.74) is 9.23. The third-order valence-electron chi connectivity index (χ3n) is 5.26. The number of hydrogen-bond acceptors (Lipinski definition) is 4. The Morgan fingerprint density at radius 1 is 1.11 bits per heavy atom. The second-order valence-electron chi connectivity index (χ2n) is 7.14. The van der Waals surface area contributed by atoms with Gasteiger partial charge in [0, 0.05) is 29.0 Å². The number of carbonyl (C=O) groups excluding carboxylic acids is 2. The minimum atomic E-state index is -0.626. The van der Waals surface area contributed by atoms with Gasteiger partial charge in [0.05, 0.1) is 11.5 Å². The van der Waals surface area contributed by atoms with Crippen molar-refractivity contribution in [2.75, 3.05) is 0 Å². The van der Waals surface area contributed by atoms with E-state index in [4.69, 9.17) is 22.1 Å². The summed E-state index contributed by atoms with van der Waals surface area (Å²) in [6.07, 6.45) is 1.76. The van der Waals surface area contributed by atoms with Crippen LogP contribution in [0.5, 0.6) is 0 Å². The van der Waals surface area contributed by atoms with Crippen LogP contribution >= 0.6 is 11.6 Å². The van der Waals surface area contributed by atoms with Crippen LogP contribution in [0.2, 0.25) is 5.02 Å². The molecule has 2 N–H and O–H groups in total. The summed E-state index contributed by atoms with van der Waals surface area (Å²) in [7, 11) is 0. The molecule has 1 aliphatic carbocycles. The topological polar surface area (TPSA) is 69.4 Å². The van der Waals surface area contributed by atoms with E-state index in [9.17, 15) is 9.59 Å². The lowest BCUT2D eigenvalue weighted by atomic mass is 9.75. The molecule has 4 rings (SSSR count). The average Bonchev–Trinajstić information content (AvgIpc) is 2.68. The van der Waals surface area contributed by atoms with Gasteiger partial charge in [0.2, 0.25) is 0 Å². The SMILES string of the molecule is Cc1ccc(C(=O)C2=C(N)OC3=C(C(=O)CCC3)[C@@H]2c2ccccc2Cl)cc1. The summed E-state index contributed by atoms with van der Waals surface area (Å²) in [5, 5.41) is 0.488. The van der Waals surface area contributed by atoms with Gasteiger partial charge in [-0.05, 0) is 25.0 Å². The third kappa shape index (κ3) is 3.14. The second kappa shape index (κ2) is 7.28. The maximum Gasteiger partial charge on any atom is 0.198 e. The molecule has 1 heterocycles. The molecule has 0 spiro atoms. The quantitative estimate of drug-likeness (QED) is 0.759. The summed E-state index contributed by atoms with van der Waals surface area (Å²) < 4.78 is 5.78. The van der Waals surface area contributed by atoms with E-state index in [0.29, 0.717) is 46.7 Å². The van der Waals surface area contributed by atoms with Crippen LogP contribution < -0.4 is 5.73 Å². The maximum absolute atomic E-state index is 13.4. The van der Waals surface area contributed by atoms with Crippen LogP contribution in [0, 0.1) is 6.92 Å². The van der Waals surface area contributed by atoms with Crippen molar-refractivity contribution in [1.29, 1.82) is 0 Å². The van der Waals surface area contributed by atoms with Gasteiger partial charge in [0.25, 0.3) is 0 Å². The standard InChI is InChI=1S/C23H20ClNO3/c1-13-9-11-14(12-10-13)22(27)21-19(15-5-2-3-6-16(15)24)20-17(26)7-4-8-18(20)28-23(21)25/h2-3,5-6,9-12,19H,4,7-8,25H2,1H3/t19-/m0/s1. The van der Waals surface area contributed by atoms with Crippen molar-refractivity contribution in [2.45, 2.75) is 32.1 Å². The maximum atomic E-state index is 13.4. The van der Waals surface area contributed by atoms with Crippen molar-refractivity contribution in [3.05, 3.63) is 93.0 Å². The number of ketones is 2. The van der Waals surface area contributed by atoms with Gasteiger partial charge < -0.3 is 10.5 Å². The molecule has 5 heteroatoms. The molecule has 0 unspecified atom stereocenters. The Kier molecular flexibility index (Phi) is 4.82. The smallest absolute Gasteiger partial charge is 0.198 e. The van der Waals surface area contributed by atoms with Gasteiger partial charge >= 0.3 is 0 Å². The average molecular weight is 394 g/mol. The largest absolute Gasteiger partial charge is 0.445 e. The summed E-state index contributed by atoms with van der Waals surface area (Å²) in [6, 6.07) is 14.5. The van der Waals surface area contributed by atoms with Crippen molar-refractivity contribution in [3.8, 4) is 0 Å². The van der Waals surface area contributed by atoms with Crippen molar-refractivity contribution >= 4 is 23.2 Å². The number of Topliss-reactive ketones (excluding diaryl/α,β-unsaturated/α-hetero) is 2. The van der Waals surface area contributed by atoms with E-state index in [2.05, 4.69) is 0 Å². The van der Waals surface area contributed by atoms with E-state index < -0.39 is 5.92 Å². The first kappa shape index (κ1) is 18.5. The van der Waals surface area contributed by atoms with Crippen LogP contribution in [0.1, 0.15) is 46.7 Å². The Bertz CT molecular complexity index is 1030. The molecule has 2 aromatic rings. The molecule has 0 saturated heterocycles. The Morgan fingerprint density at radius 2 is 1.82 bits per heavy atom. The van der Waals surface area contributed by atoms with Gasteiger partial charge in [-0.2, -0.15) is 0 Å². The van der Waals surface area contributed by atoms with Gasteiger partial charge in [-0.25, -0.2) is 0 Å². The number of aryl methyl sites for hydroxylation is 1. The highest BCUT2D eigenvalue weighted by atomic mass is 35.5. The van der Waals surface area contributed by atoms with Crippen LogP contribution in [0.15, 0.2) is 71.3 Å². The summed E-state index contributed by atoms with van der Waals surface area (Å²) >= 11 is 6.47. The lowest BCUT2D eigenvalue weighted by molar-refractivity contribution is -0.116. The van der Waals surface area contributed by atoms with E-state index in [1.54, 1.807) is 18.2 Å². The van der Waals surface area contributed by atoms with Crippen LogP contribution in [0.25, 0.3) is 0 Å². The molecule has 4 nitrogen and oxygen atoms in total. The number of halogens is 1. The Morgan fingerprint density at radius 3 is 2.54 bits per heavy atom. The minimum Gasteiger partial charge on any atom is -0.445 e. The first-order valence-electron chi connectivity index (χ1n) is 9.27. The number of ether oxygens (including phenoxy) is 1. The molecular formula is C23H20ClNO3. The second-order valence-corrected chi connectivity index (χ2v) is 7.55. The highest BCUT2D eigenvalue weighted by Crippen LogP contribution is 2.46. The normalized spacial score (nSPS) is 19.4. The number of carbonyl (C=O) groups is 2. The van der Waals surface area contributed by atoms with Crippen LogP contribution in [0.3, 0.4) is 0 Å². The summed E-state index contributed by atoms with van der Waals surface area (Å²) in [5.74, 6) is -0.303. The molecular weight excluding hydrogens is 374 g/mol. The van der Waals surface area contributed by atoms with Gasteiger partial charge in [0.15, 0.2) is 17.4 Å². The monoisotopic (exact) mass is 393 g/mol. The highest BCUT2D eigenvalue weighted by molar-refractivity contribution is 6.31. The molecule has 28 heavy (non-hydrogen) atoms. The number of allylic oxidation sites excluding steroid dienone is 3. The number of nitrogens with two attached hydrogens (primary N) is 1. The molecule has 0 radical (unpaired) electrons. The van der Waals surface area contributed by atoms with E-state index in [1.807, 2.05) is 37.3 Å². The summed E-state index contributed by atoms with van der Waals surface area (Å²) in [6.45, 7) is 1.95. The number of rotatable bonds is 3. The van der Waals surface area contributed by atoms with Crippen LogP contribution in [-0.4, -0.2) is 11.6 Å². The van der Waals surface area contributed by atoms with Gasteiger partial charge in [0.1, 0.15) is 5.76 Å². The highest BCUT2D eigenvalue weighted by Gasteiger charge is 2.41. The zero-order chi connectivity index (χ0) is 19.8. The van der Waals surface area contributed by atoms with Gasteiger partial charge in [-0.3, -0.25) is 9.59 Å². The minimum absolute atomic E-state index is 0.0205. The lowest BCUT2D eigenvalue weighted by Gasteiger charge is -2.33. The summed E-state index contributed by atoms with van der Waals surface area (Å²) in [4.78, 5) is 26.2. The van der Waals surface area contributed by atoms with E-state index in [1.165, 1.54) is 0 Å². The molecule has 0 aromatic heterocycles. The van der Waals surface area contributed by atoms with Gasteiger partial charge in [-0.15, -0.1) is 0 Å². The molecule has 2 aromatic carbocycles. The molecule has 0 fully saturated rings. The predicted octanol–water partition coefficient (Wildman–Crippen LogP) is 4.82. The third-order valence-corrected chi connectivity index (χ3v) is 5.60. The molecule has 0 saturated carbocycles. The van der Waals surface area contributed by atoms with Crippen molar-refractivity contribution in [1.82, 2.24) is 0 Å². The first-order chi connectivity index (χ1) is 13.5. The van der Waals surface area contributed by atoms with Gasteiger partial charge in [-0.1, -0.05) is 59.6 Å². The van der Waals surface area contributed by atoms with Crippen molar-refractivity contribution < 1.29 is 14.3 Å². The lowest BCUT2D eigenvalue weighted by Crippen LogP contribution is -2.31. The Hall–Kier alpha value is -2.85. The fourth-order valence-corrected chi connectivity index (χ4v) is 4.11.